The monoisotopic (exact) mass is 380 g/mol. The highest BCUT2D eigenvalue weighted by molar-refractivity contribution is 9.10. The topological polar surface area (TPSA) is 58.2 Å². The van der Waals surface area contributed by atoms with E-state index in [0.717, 1.165) is 22.9 Å². The molecule has 0 aliphatic carbocycles. The zero-order valence-corrected chi connectivity index (χ0v) is 15.8. The molecule has 23 heavy (non-hydrogen) atoms. The summed E-state index contributed by atoms with van der Waals surface area (Å²) >= 11 is 3.36. The molecular weight excluding hydrogens is 356 g/mol. The van der Waals surface area contributed by atoms with Gasteiger partial charge in [0.1, 0.15) is 0 Å². The van der Waals surface area contributed by atoms with Gasteiger partial charge in [0.2, 0.25) is 5.78 Å². The first-order valence-electron chi connectivity index (χ1n) is 7.94. The molecule has 0 bridgehead atoms. The van der Waals surface area contributed by atoms with Gasteiger partial charge >= 0.3 is 0 Å². The normalized spacial score (nSPS) is 20.0. The maximum absolute atomic E-state index is 12.2. The Labute approximate surface area is 146 Å². The molecule has 4 nitrogen and oxygen atoms in total. The number of hydrogen-bond acceptors (Lipinski definition) is 3. The van der Waals surface area contributed by atoms with E-state index < -0.39 is 5.91 Å². The van der Waals surface area contributed by atoms with Crippen LogP contribution in [0.4, 0.5) is 0 Å². The van der Waals surface area contributed by atoms with Crippen LogP contribution in [0.15, 0.2) is 28.7 Å². The van der Waals surface area contributed by atoms with Crippen LogP contribution in [0.5, 0.6) is 0 Å². The van der Waals surface area contributed by atoms with Gasteiger partial charge < -0.3 is 10.6 Å². The van der Waals surface area contributed by atoms with Crippen molar-refractivity contribution in [3.63, 3.8) is 0 Å². The van der Waals surface area contributed by atoms with Crippen molar-refractivity contribution in [2.75, 3.05) is 0 Å². The van der Waals surface area contributed by atoms with Crippen molar-refractivity contribution in [2.45, 2.75) is 64.1 Å². The van der Waals surface area contributed by atoms with Crippen molar-refractivity contribution >= 4 is 27.6 Å². The highest BCUT2D eigenvalue weighted by Gasteiger charge is 2.38. The van der Waals surface area contributed by atoms with E-state index in [9.17, 15) is 9.59 Å². The van der Waals surface area contributed by atoms with Crippen molar-refractivity contribution in [1.29, 1.82) is 0 Å². The summed E-state index contributed by atoms with van der Waals surface area (Å²) in [7, 11) is 0. The molecule has 0 atom stereocenters. The van der Waals surface area contributed by atoms with Crippen molar-refractivity contribution in [3.05, 3.63) is 34.3 Å². The predicted octanol–water partition coefficient (Wildman–Crippen LogP) is 2.99. The largest absolute Gasteiger partial charge is 0.347 e. The Morgan fingerprint density at radius 3 is 2.17 bits per heavy atom. The van der Waals surface area contributed by atoms with E-state index in [2.05, 4.69) is 54.3 Å². The number of rotatable bonds is 4. The summed E-state index contributed by atoms with van der Waals surface area (Å²) in [5.74, 6) is -0.868. The Kier molecular flexibility index (Phi) is 5.31. The molecule has 1 aromatic carbocycles. The number of piperidine rings is 1. The highest BCUT2D eigenvalue weighted by Crippen LogP contribution is 2.28. The fourth-order valence-corrected chi connectivity index (χ4v) is 3.82. The summed E-state index contributed by atoms with van der Waals surface area (Å²) < 4.78 is 0.956. The van der Waals surface area contributed by atoms with E-state index in [4.69, 9.17) is 0 Å². The van der Waals surface area contributed by atoms with Gasteiger partial charge in [-0.1, -0.05) is 28.1 Å². The van der Waals surface area contributed by atoms with Gasteiger partial charge in [-0.3, -0.25) is 9.59 Å². The number of nitrogens with one attached hydrogen (secondary N) is 2. The summed E-state index contributed by atoms with van der Waals surface area (Å²) in [5, 5.41) is 6.49. The molecule has 1 heterocycles. The molecule has 0 spiro atoms. The van der Waals surface area contributed by atoms with Crippen LogP contribution in [-0.2, 0) is 16.0 Å². The molecule has 2 rings (SSSR count). The number of carbonyl (C=O) groups excluding carboxylic acids is 2. The molecule has 1 aliphatic rings. The number of hydrogen-bond donors (Lipinski definition) is 2. The Hall–Kier alpha value is -1.20. The summed E-state index contributed by atoms with van der Waals surface area (Å²) in [6, 6.07) is 7.47. The average molecular weight is 381 g/mol. The molecule has 0 aromatic heterocycles. The molecule has 1 aromatic rings. The van der Waals surface area contributed by atoms with Crippen LogP contribution in [0.3, 0.4) is 0 Å². The third kappa shape index (κ3) is 5.43. The molecular formula is C18H25BrN2O2. The van der Waals surface area contributed by atoms with Crippen molar-refractivity contribution < 1.29 is 9.59 Å². The predicted molar refractivity (Wildman–Crippen MR) is 95.3 cm³/mol. The number of carbonyl (C=O) groups is 2. The second-order valence-corrected chi connectivity index (χ2v) is 8.61. The fourth-order valence-electron chi connectivity index (χ4n) is 3.56. The second-order valence-electron chi connectivity index (χ2n) is 7.70. The Bertz CT molecular complexity index is 578. The van der Waals surface area contributed by atoms with Crippen molar-refractivity contribution in [1.82, 2.24) is 10.6 Å². The van der Waals surface area contributed by atoms with Crippen LogP contribution in [0.25, 0.3) is 0 Å². The number of ketones is 1. The first-order valence-corrected chi connectivity index (χ1v) is 8.73. The lowest BCUT2D eigenvalue weighted by Crippen LogP contribution is -2.62. The average Bonchev–Trinajstić information content (AvgIpc) is 2.37. The zero-order chi connectivity index (χ0) is 17.3. The van der Waals surface area contributed by atoms with Gasteiger partial charge in [0.05, 0.1) is 0 Å². The molecule has 5 heteroatoms. The Balaban J connectivity index is 1.95. The van der Waals surface area contributed by atoms with Crippen LogP contribution in [0.1, 0.15) is 46.1 Å². The summed E-state index contributed by atoms with van der Waals surface area (Å²) in [6.45, 7) is 8.49. The number of Topliss-reactive ketones (excluding diaryl/α,β-unsaturated/α-hetero) is 1. The van der Waals surface area contributed by atoms with Crippen molar-refractivity contribution in [2.24, 2.45) is 0 Å². The maximum Gasteiger partial charge on any atom is 0.287 e. The minimum absolute atomic E-state index is 0.0163. The SMILES string of the molecule is CC1(C)CC(NC(=O)C(=O)Cc2ccc(Br)cc2)CC(C)(C)N1. The lowest BCUT2D eigenvalue weighted by Gasteiger charge is -2.46. The summed E-state index contributed by atoms with van der Waals surface area (Å²) in [6.07, 6.45) is 1.76. The minimum Gasteiger partial charge on any atom is -0.347 e. The van der Waals surface area contributed by atoms with E-state index in [1.165, 1.54) is 0 Å². The highest BCUT2D eigenvalue weighted by atomic mass is 79.9. The molecule has 1 aliphatic heterocycles. The molecule has 1 fully saturated rings. The summed E-state index contributed by atoms with van der Waals surface area (Å²) in [5.41, 5.74) is 0.724. The minimum atomic E-state index is -0.480. The van der Waals surface area contributed by atoms with Crippen LogP contribution < -0.4 is 10.6 Å². The van der Waals surface area contributed by atoms with E-state index >= 15 is 0 Å². The van der Waals surface area contributed by atoms with Crippen LogP contribution in [0, 0.1) is 0 Å². The quantitative estimate of drug-likeness (QED) is 0.789. The van der Waals surface area contributed by atoms with Crippen LogP contribution >= 0.6 is 15.9 Å². The fraction of sp³-hybridized carbons (Fsp3) is 0.556. The van der Waals surface area contributed by atoms with E-state index in [-0.39, 0.29) is 29.3 Å². The number of benzene rings is 1. The number of amides is 1. The van der Waals surface area contributed by atoms with Gasteiger partial charge in [0.25, 0.3) is 5.91 Å². The van der Waals surface area contributed by atoms with Crippen molar-refractivity contribution in [3.8, 4) is 0 Å². The Morgan fingerprint density at radius 1 is 1.13 bits per heavy atom. The van der Waals surface area contributed by atoms with Gasteiger partial charge in [-0.15, -0.1) is 0 Å². The molecule has 0 saturated carbocycles. The van der Waals surface area contributed by atoms with Gasteiger partial charge in [0, 0.05) is 28.0 Å². The second kappa shape index (κ2) is 6.73. The molecule has 126 valence electrons. The summed E-state index contributed by atoms with van der Waals surface area (Å²) in [4.78, 5) is 24.4. The maximum atomic E-state index is 12.2. The van der Waals surface area contributed by atoms with Gasteiger partial charge in [-0.2, -0.15) is 0 Å². The van der Waals surface area contributed by atoms with E-state index in [1.54, 1.807) is 0 Å². The first-order chi connectivity index (χ1) is 10.6. The number of halogens is 1. The molecule has 0 unspecified atom stereocenters. The standard InChI is InChI=1S/C18H25BrN2O2/c1-17(2)10-14(11-18(3,4)21-17)20-16(23)15(22)9-12-5-7-13(19)8-6-12/h5-8,14,21H,9-11H2,1-4H3,(H,20,23). The lowest BCUT2D eigenvalue weighted by molar-refractivity contribution is -0.138. The Morgan fingerprint density at radius 2 is 1.65 bits per heavy atom. The van der Waals surface area contributed by atoms with Crippen LogP contribution in [0.2, 0.25) is 0 Å². The zero-order valence-electron chi connectivity index (χ0n) is 14.2. The first kappa shape index (κ1) is 18.1. The van der Waals surface area contributed by atoms with Gasteiger partial charge in [-0.25, -0.2) is 0 Å². The third-order valence-electron chi connectivity index (χ3n) is 4.06. The molecule has 0 radical (unpaired) electrons. The third-order valence-corrected chi connectivity index (χ3v) is 4.59. The van der Waals surface area contributed by atoms with E-state index in [0.29, 0.717) is 0 Å². The molecule has 1 saturated heterocycles. The van der Waals surface area contributed by atoms with Crippen LogP contribution in [-0.4, -0.2) is 28.8 Å². The van der Waals surface area contributed by atoms with Gasteiger partial charge in [-0.05, 0) is 58.2 Å². The van der Waals surface area contributed by atoms with Gasteiger partial charge in [0.15, 0.2) is 0 Å². The molecule has 1 amide bonds. The molecule has 2 N–H and O–H groups in total. The lowest BCUT2D eigenvalue weighted by atomic mass is 9.79. The van der Waals surface area contributed by atoms with E-state index in [1.807, 2.05) is 24.3 Å². The smallest absolute Gasteiger partial charge is 0.287 e.